The lowest BCUT2D eigenvalue weighted by Crippen LogP contribution is -2.25. The van der Waals surface area contributed by atoms with E-state index < -0.39 is 0 Å². The van der Waals surface area contributed by atoms with E-state index in [1.54, 1.807) is 16.8 Å². The maximum atomic E-state index is 11.8. The number of anilines is 1. The minimum Gasteiger partial charge on any atom is -0.376 e. The van der Waals surface area contributed by atoms with E-state index in [1.807, 2.05) is 67.7 Å². The van der Waals surface area contributed by atoms with Crippen molar-refractivity contribution in [3.63, 3.8) is 0 Å². The number of amides is 1. The van der Waals surface area contributed by atoms with Crippen molar-refractivity contribution in [3.05, 3.63) is 83.7 Å². The fourth-order valence-electron chi connectivity index (χ4n) is 2.42. The van der Waals surface area contributed by atoms with Crippen LogP contribution in [0.2, 0.25) is 0 Å². The highest BCUT2D eigenvalue weighted by Gasteiger charge is 1.99. The van der Waals surface area contributed by atoms with Crippen LogP contribution in [-0.4, -0.2) is 33.7 Å². The third-order valence-electron chi connectivity index (χ3n) is 3.87. The number of carbonyl (C=O) groups is 1. The molecule has 28 heavy (non-hydrogen) atoms. The Morgan fingerprint density at radius 3 is 2.71 bits per heavy atom. The SMILES string of the molecule is Cc1ccc(NCC(=O)N/N=C\C=C\c2cn(Cc3ccccc3)nn2)cc1. The summed E-state index contributed by atoms with van der Waals surface area (Å²) in [6, 6.07) is 17.9. The molecule has 0 bridgehead atoms. The lowest BCUT2D eigenvalue weighted by atomic mass is 10.2. The number of rotatable bonds is 8. The molecule has 3 rings (SSSR count). The first-order valence-corrected chi connectivity index (χ1v) is 8.92. The van der Waals surface area contributed by atoms with Crippen molar-refractivity contribution in [2.75, 3.05) is 11.9 Å². The van der Waals surface area contributed by atoms with E-state index in [4.69, 9.17) is 0 Å². The second kappa shape index (κ2) is 9.82. The number of aromatic nitrogens is 3. The van der Waals surface area contributed by atoms with Gasteiger partial charge >= 0.3 is 0 Å². The number of hydrogen-bond acceptors (Lipinski definition) is 5. The molecule has 0 aliphatic heterocycles. The van der Waals surface area contributed by atoms with Crippen LogP contribution in [0.15, 0.2) is 72.0 Å². The zero-order valence-electron chi connectivity index (χ0n) is 15.6. The lowest BCUT2D eigenvalue weighted by molar-refractivity contribution is -0.119. The summed E-state index contributed by atoms with van der Waals surface area (Å²) in [5.41, 5.74) is 6.40. The van der Waals surface area contributed by atoms with Crippen molar-refractivity contribution in [1.29, 1.82) is 0 Å². The van der Waals surface area contributed by atoms with Crippen molar-refractivity contribution >= 4 is 23.9 Å². The number of carbonyl (C=O) groups excluding carboxylic acids is 1. The third-order valence-corrected chi connectivity index (χ3v) is 3.87. The molecule has 2 aromatic carbocycles. The molecule has 2 N–H and O–H groups in total. The first kappa shape index (κ1) is 19.0. The second-order valence-corrected chi connectivity index (χ2v) is 6.22. The normalized spacial score (nSPS) is 11.2. The van der Waals surface area contributed by atoms with Crippen LogP contribution in [0.25, 0.3) is 6.08 Å². The average molecular weight is 374 g/mol. The molecule has 1 amide bonds. The van der Waals surface area contributed by atoms with Crippen LogP contribution in [0.4, 0.5) is 5.69 Å². The van der Waals surface area contributed by atoms with Crippen LogP contribution < -0.4 is 10.7 Å². The fraction of sp³-hybridized carbons (Fsp3) is 0.143. The van der Waals surface area contributed by atoms with E-state index in [9.17, 15) is 4.79 Å². The van der Waals surface area contributed by atoms with Gasteiger partial charge in [0.05, 0.1) is 19.3 Å². The van der Waals surface area contributed by atoms with Gasteiger partial charge in [-0.05, 0) is 36.8 Å². The molecule has 3 aromatic rings. The number of nitrogens with zero attached hydrogens (tertiary/aromatic N) is 4. The molecule has 0 saturated carbocycles. The zero-order chi connectivity index (χ0) is 19.6. The summed E-state index contributed by atoms with van der Waals surface area (Å²) in [7, 11) is 0. The van der Waals surface area contributed by atoms with E-state index in [-0.39, 0.29) is 12.5 Å². The number of allylic oxidation sites excluding steroid dienone is 1. The standard InChI is InChI=1S/C21H22N6O/c1-17-9-11-19(12-10-17)22-14-21(28)25-23-13-5-8-20-16-27(26-24-20)15-18-6-3-2-4-7-18/h2-13,16,22H,14-15H2,1H3,(H,25,28)/b8-5+,23-13-. The summed E-state index contributed by atoms with van der Waals surface area (Å²) in [4.78, 5) is 11.8. The van der Waals surface area contributed by atoms with Gasteiger partial charge in [0.25, 0.3) is 5.91 Å². The monoisotopic (exact) mass is 374 g/mol. The fourth-order valence-corrected chi connectivity index (χ4v) is 2.42. The average Bonchev–Trinajstić information content (AvgIpc) is 3.15. The maximum absolute atomic E-state index is 11.8. The number of aryl methyl sites for hydroxylation is 1. The molecule has 0 unspecified atom stereocenters. The molecule has 0 fully saturated rings. The predicted octanol–water partition coefficient (Wildman–Crippen LogP) is 2.86. The predicted molar refractivity (Wildman–Crippen MR) is 111 cm³/mol. The van der Waals surface area contributed by atoms with Gasteiger partial charge in [0.1, 0.15) is 5.69 Å². The Bertz CT molecular complexity index is 945. The molecule has 0 radical (unpaired) electrons. The molecule has 0 saturated heterocycles. The Morgan fingerprint density at radius 2 is 1.93 bits per heavy atom. The molecule has 7 heteroatoms. The Morgan fingerprint density at radius 1 is 1.14 bits per heavy atom. The summed E-state index contributed by atoms with van der Waals surface area (Å²) in [5, 5.41) is 15.1. The Kier molecular flexibility index (Phi) is 6.67. The topological polar surface area (TPSA) is 84.2 Å². The first-order valence-electron chi connectivity index (χ1n) is 8.92. The van der Waals surface area contributed by atoms with Gasteiger partial charge in [-0.15, -0.1) is 5.10 Å². The minimum atomic E-state index is -0.223. The van der Waals surface area contributed by atoms with Crippen molar-refractivity contribution < 1.29 is 4.79 Å². The number of hydrazone groups is 1. The largest absolute Gasteiger partial charge is 0.376 e. The smallest absolute Gasteiger partial charge is 0.259 e. The summed E-state index contributed by atoms with van der Waals surface area (Å²) >= 11 is 0. The van der Waals surface area contributed by atoms with Crippen molar-refractivity contribution in [2.45, 2.75) is 13.5 Å². The van der Waals surface area contributed by atoms with Crippen LogP contribution in [0.5, 0.6) is 0 Å². The van der Waals surface area contributed by atoms with Gasteiger partial charge in [-0.3, -0.25) is 4.79 Å². The number of nitrogens with one attached hydrogen (secondary N) is 2. The van der Waals surface area contributed by atoms with Gasteiger partial charge in [0.15, 0.2) is 0 Å². The highest BCUT2D eigenvalue weighted by Crippen LogP contribution is 2.07. The van der Waals surface area contributed by atoms with Crippen LogP contribution >= 0.6 is 0 Å². The quantitative estimate of drug-likeness (QED) is 0.469. The molecule has 1 heterocycles. The van der Waals surface area contributed by atoms with Gasteiger partial charge in [-0.1, -0.05) is 53.2 Å². The number of hydrogen-bond donors (Lipinski definition) is 2. The summed E-state index contributed by atoms with van der Waals surface area (Å²) in [6.45, 7) is 2.83. The molecule has 1 aromatic heterocycles. The van der Waals surface area contributed by atoms with E-state index in [0.717, 1.165) is 16.9 Å². The Balaban J connectivity index is 1.40. The van der Waals surface area contributed by atoms with Gasteiger partial charge in [0, 0.05) is 11.9 Å². The van der Waals surface area contributed by atoms with E-state index in [0.29, 0.717) is 6.54 Å². The molecule has 0 spiro atoms. The second-order valence-electron chi connectivity index (χ2n) is 6.22. The third kappa shape index (κ3) is 6.21. The van der Waals surface area contributed by atoms with Crippen LogP contribution in [0, 0.1) is 6.92 Å². The van der Waals surface area contributed by atoms with Gasteiger partial charge in [-0.25, -0.2) is 10.1 Å². The minimum absolute atomic E-state index is 0.151. The molecule has 142 valence electrons. The number of benzene rings is 2. The Hall–Kier alpha value is -3.74. The van der Waals surface area contributed by atoms with Crippen LogP contribution in [-0.2, 0) is 11.3 Å². The molecule has 0 aliphatic rings. The summed E-state index contributed by atoms with van der Waals surface area (Å²) in [6.07, 6.45) is 6.82. The van der Waals surface area contributed by atoms with E-state index in [1.165, 1.54) is 11.8 Å². The van der Waals surface area contributed by atoms with E-state index in [2.05, 4.69) is 26.2 Å². The summed E-state index contributed by atoms with van der Waals surface area (Å²) in [5.74, 6) is -0.223. The van der Waals surface area contributed by atoms with Crippen molar-refractivity contribution in [3.8, 4) is 0 Å². The first-order chi connectivity index (χ1) is 13.7. The van der Waals surface area contributed by atoms with Crippen LogP contribution in [0.1, 0.15) is 16.8 Å². The van der Waals surface area contributed by atoms with Gasteiger partial charge in [-0.2, -0.15) is 5.10 Å². The summed E-state index contributed by atoms with van der Waals surface area (Å²) < 4.78 is 1.77. The van der Waals surface area contributed by atoms with E-state index >= 15 is 0 Å². The van der Waals surface area contributed by atoms with Crippen LogP contribution in [0.3, 0.4) is 0 Å². The van der Waals surface area contributed by atoms with Crippen molar-refractivity contribution in [2.24, 2.45) is 5.10 Å². The molecule has 0 atom stereocenters. The maximum Gasteiger partial charge on any atom is 0.259 e. The van der Waals surface area contributed by atoms with Gasteiger partial charge in [0.2, 0.25) is 0 Å². The highest BCUT2D eigenvalue weighted by molar-refractivity contribution is 5.83. The highest BCUT2D eigenvalue weighted by atomic mass is 16.2. The zero-order valence-corrected chi connectivity index (χ0v) is 15.6. The van der Waals surface area contributed by atoms with Gasteiger partial charge < -0.3 is 5.32 Å². The van der Waals surface area contributed by atoms with Crippen molar-refractivity contribution in [1.82, 2.24) is 20.4 Å². The molecule has 7 nitrogen and oxygen atoms in total. The molecular weight excluding hydrogens is 352 g/mol. The molecule has 0 aliphatic carbocycles. The Labute approximate surface area is 163 Å². The molecular formula is C21H22N6O. The lowest BCUT2D eigenvalue weighted by Gasteiger charge is -2.05.